The lowest BCUT2D eigenvalue weighted by molar-refractivity contribution is 0.0792. The fourth-order valence-electron chi connectivity index (χ4n) is 3.65. The number of carbonyl (C=O) groups is 1. The molecule has 1 aliphatic rings. The topological polar surface area (TPSA) is 85.0 Å². The SMILES string of the molecule is Cc1cc(C)nc(C2CCN(C(=O)c3cc(C)nc4onc(C)c34)C2)n1. The minimum absolute atomic E-state index is 0.0151. The van der Waals surface area contributed by atoms with Crippen LogP contribution in [0.3, 0.4) is 0 Å². The minimum atomic E-state index is -0.0151. The summed E-state index contributed by atoms with van der Waals surface area (Å²) in [6.45, 7) is 8.93. The number of aryl methyl sites for hydroxylation is 4. The number of fused-ring (bicyclic) bond motifs is 1. The zero-order chi connectivity index (χ0) is 18.4. The maximum atomic E-state index is 13.2. The summed E-state index contributed by atoms with van der Waals surface area (Å²) in [6, 6.07) is 3.78. The highest BCUT2D eigenvalue weighted by Gasteiger charge is 2.31. The minimum Gasteiger partial charge on any atom is -0.338 e. The van der Waals surface area contributed by atoms with Gasteiger partial charge in [-0.05, 0) is 46.2 Å². The molecule has 3 aromatic rings. The average Bonchev–Trinajstić information content (AvgIpc) is 3.20. The van der Waals surface area contributed by atoms with E-state index in [2.05, 4.69) is 20.1 Å². The quantitative estimate of drug-likeness (QED) is 0.706. The van der Waals surface area contributed by atoms with Crippen LogP contribution < -0.4 is 0 Å². The fraction of sp³-hybridized carbons (Fsp3) is 0.421. The number of nitrogens with zero attached hydrogens (tertiary/aromatic N) is 5. The molecule has 0 radical (unpaired) electrons. The van der Waals surface area contributed by atoms with Crippen molar-refractivity contribution >= 4 is 17.0 Å². The third-order valence-electron chi connectivity index (χ3n) is 4.82. The Morgan fingerprint density at radius 1 is 1.08 bits per heavy atom. The van der Waals surface area contributed by atoms with Crippen molar-refractivity contribution in [3.8, 4) is 0 Å². The Balaban J connectivity index is 1.63. The molecule has 4 rings (SSSR count). The molecule has 7 heteroatoms. The van der Waals surface area contributed by atoms with E-state index in [1.165, 1.54) is 0 Å². The molecule has 1 saturated heterocycles. The van der Waals surface area contributed by atoms with Crippen LogP contribution in [-0.2, 0) is 0 Å². The van der Waals surface area contributed by atoms with Gasteiger partial charge in [0.25, 0.3) is 11.6 Å². The van der Waals surface area contributed by atoms with Crippen LogP contribution in [-0.4, -0.2) is 44.0 Å². The fourth-order valence-corrected chi connectivity index (χ4v) is 3.65. The van der Waals surface area contributed by atoms with E-state index in [1.807, 2.05) is 44.7 Å². The normalized spacial score (nSPS) is 17.2. The standard InChI is InChI=1S/C19H21N5O2/c1-10-7-11(2)21-17(20-10)14-5-6-24(9-14)19(25)15-8-12(3)22-18-16(15)13(4)23-26-18/h7-8,14H,5-6,9H2,1-4H3. The van der Waals surface area contributed by atoms with Gasteiger partial charge in [0.2, 0.25) is 0 Å². The summed E-state index contributed by atoms with van der Waals surface area (Å²) in [5, 5.41) is 4.66. The molecule has 1 aliphatic heterocycles. The Bertz CT molecular complexity index is 990. The van der Waals surface area contributed by atoms with Gasteiger partial charge in [-0.15, -0.1) is 0 Å². The molecule has 134 valence electrons. The van der Waals surface area contributed by atoms with Crippen molar-refractivity contribution in [1.82, 2.24) is 25.0 Å². The van der Waals surface area contributed by atoms with Gasteiger partial charge in [0.05, 0.1) is 16.6 Å². The molecule has 0 saturated carbocycles. The summed E-state index contributed by atoms with van der Waals surface area (Å²) in [5.41, 5.74) is 4.37. The van der Waals surface area contributed by atoms with Crippen LogP contribution in [0.5, 0.6) is 0 Å². The molecular formula is C19H21N5O2. The molecule has 0 bridgehead atoms. The van der Waals surface area contributed by atoms with Gasteiger partial charge in [0, 0.05) is 36.1 Å². The van der Waals surface area contributed by atoms with Crippen molar-refractivity contribution in [3.05, 3.63) is 46.3 Å². The van der Waals surface area contributed by atoms with E-state index in [0.29, 0.717) is 35.4 Å². The first-order valence-electron chi connectivity index (χ1n) is 8.77. The van der Waals surface area contributed by atoms with Crippen LogP contribution in [0.1, 0.15) is 51.3 Å². The highest BCUT2D eigenvalue weighted by atomic mass is 16.5. The molecule has 1 fully saturated rings. The maximum Gasteiger partial charge on any atom is 0.258 e. The first-order chi connectivity index (χ1) is 12.4. The second-order valence-corrected chi connectivity index (χ2v) is 7.01. The van der Waals surface area contributed by atoms with Crippen LogP contribution in [0.4, 0.5) is 0 Å². The molecule has 0 spiro atoms. The van der Waals surface area contributed by atoms with Gasteiger partial charge in [-0.1, -0.05) is 5.16 Å². The molecule has 0 aromatic carbocycles. The predicted octanol–water partition coefficient (Wildman–Crippen LogP) is 2.88. The molecule has 7 nitrogen and oxygen atoms in total. The molecule has 4 heterocycles. The van der Waals surface area contributed by atoms with Crippen LogP contribution >= 0.6 is 0 Å². The highest BCUT2D eigenvalue weighted by molar-refractivity contribution is 6.06. The number of aromatic nitrogens is 4. The Kier molecular flexibility index (Phi) is 3.94. The molecule has 26 heavy (non-hydrogen) atoms. The van der Waals surface area contributed by atoms with Gasteiger partial charge >= 0.3 is 0 Å². The zero-order valence-electron chi connectivity index (χ0n) is 15.4. The van der Waals surface area contributed by atoms with Gasteiger partial charge in [0.1, 0.15) is 5.82 Å². The van der Waals surface area contributed by atoms with Crippen molar-refractivity contribution in [2.75, 3.05) is 13.1 Å². The van der Waals surface area contributed by atoms with Gasteiger partial charge in [-0.3, -0.25) is 4.79 Å². The summed E-state index contributed by atoms with van der Waals surface area (Å²) < 4.78 is 5.25. The van der Waals surface area contributed by atoms with E-state index in [-0.39, 0.29) is 11.8 Å². The third-order valence-corrected chi connectivity index (χ3v) is 4.82. The lowest BCUT2D eigenvalue weighted by atomic mass is 10.1. The molecule has 0 aliphatic carbocycles. The predicted molar refractivity (Wildman–Crippen MR) is 96.0 cm³/mol. The van der Waals surface area contributed by atoms with Gasteiger partial charge < -0.3 is 9.42 Å². The van der Waals surface area contributed by atoms with E-state index in [0.717, 1.165) is 29.3 Å². The molecule has 3 aromatic heterocycles. The van der Waals surface area contributed by atoms with E-state index in [1.54, 1.807) is 0 Å². The molecular weight excluding hydrogens is 330 g/mol. The van der Waals surface area contributed by atoms with E-state index >= 15 is 0 Å². The zero-order valence-corrected chi connectivity index (χ0v) is 15.4. The van der Waals surface area contributed by atoms with Crippen LogP contribution in [0.25, 0.3) is 11.1 Å². The summed E-state index contributed by atoms with van der Waals surface area (Å²) >= 11 is 0. The number of likely N-dealkylation sites (tertiary alicyclic amines) is 1. The molecule has 1 amide bonds. The highest BCUT2D eigenvalue weighted by Crippen LogP contribution is 2.29. The van der Waals surface area contributed by atoms with Gasteiger partial charge in [0.15, 0.2) is 0 Å². The number of hydrogen-bond donors (Lipinski definition) is 0. The monoisotopic (exact) mass is 351 g/mol. The van der Waals surface area contributed by atoms with E-state index in [4.69, 9.17) is 4.52 Å². The summed E-state index contributed by atoms with van der Waals surface area (Å²) in [5.74, 6) is 0.980. The lowest BCUT2D eigenvalue weighted by Crippen LogP contribution is -2.29. The largest absolute Gasteiger partial charge is 0.338 e. The molecule has 0 N–H and O–H groups in total. The number of amides is 1. The average molecular weight is 351 g/mol. The van der Waals surface area contributed by atoms with E-state index < -0.39 is 0 Å². The first-order valence-corrected chi connectivity index (χ1v) is 8.77. The second-order valence-electron chi connectivity index (χ2n) is 7.01. The van der Waals surface area contributed by atoms with Crippen molar-refractivity contribution in [3.63, 3.8) is 0 Å². The van der Waals surface area contributed by atoms with Crippen molar-refractivity contribution in [2.45, 2.75) is 40.0 Å². The van der Waals surface area contributed by atoms with Crippen molar-refractivity contribution in [1.29, 1.82) is 0 Å². The summed E-state index contributed by atoms with van der Waals surface area (Å²) in [4.78, 5) is 28.5. The van der Waals surface area contributed by atoms with Crippen molar-refractivity contribution < 1.29 is 9.32 Å². The van der Waals surface area contributed by atoms with Crippen molar-refractivity contribution in [2.24, 2.45) is 0 Å². The van der Waals surface area contributed by atoms with Gasteiger partial charge in [-0.25, -0.2) is 15.0 Å². The summed E-state index contributed by atoms with van der Waals surface area (Å²) in [6.07, 6.45) is 0.866. The number of carbonyl (C=O) groups excluding carboxylic acids is 1. The Labute approximate surface area is 151 Å². The third kappa shape index (κ3) is 2.83. The second kappa shape index (κ2) is 6.16. The van der Waals surface area contributed by atoms with Crippen LogP contribution in [0.2, 0.25) is 0 Å². The Morgan fingerprint density at radius 3 is 2.50 bits per heavy atom. The van der Waals surface area contributed by atoms with Crippen LogP contribution in [0, 0.1) is 27.7 Å². The van der Waals surface area contributed by atoms with Crippen LogP contribution in [0.15, 0.2) is 16.7 Å². The maximum absolute atomic E-state index is 13.2. The Morgan fingerprint density at radius 2 is 1.77 bits per heavy atom. The van der Waals surface area contributed by atoms with E-state index in [9.17, 15) is 4.79 Å². The molecule has 1 atom stereocenters. The van der Waals surface area contributed by atoms with Gasteiger partial charge in [-0.2, -0.15) is 0 Å². The smallest absolute Gasteiger partial charge is 0.258 e. The first kappa shape index (κ1) is 16.6. The number of hydrogen-bond acceptors (Lipinski definition) is 6. The number of rotatable bonds is 2. The summed E-state index contributed by atoms with van der Waals surface area (Å²) in [7, 11) is 0. The lowest BCUT2D eigenvalue weighted by Gasteiger charge is -2.17. The number of pyridine rings is 1. The Hall–Kier alpha value is -2.83. The molecule has 1 unspecified atom stereocenters.